The van der Waals surface area contributed by atoms with Crippen LogP contribution in [0.15, 0.2) is 18.2 Å². The van der Waals surface area contributed by atoms with Gasteiger partial charge in [0.2, 0.25) is 6.79 Å². The Morgan fingerprint density at radius 2 is 2.06 bits per heavy atom. The van der Waals surface area contributed by atoms with Gasteiger partial charge in [-0.1, -0.05) is 6.07 Å². The summed E-state index contributed by atoms with van der Waals surface area (Å²) in [5.41, 5.74) is 5.75. The standard InChI is InChI=1S/C12H13NO5/c13-10(12(11(14)15)4-16-5-12)7-1-2-8-9(3-7)18-6-17-8/h1-3,10H,4-6,13H2,(H,14,15). The van der Waals surface area contributed by atoms with E-state index in [0.717, 1.165) is 0 Å². The maximum Gasteiger partial charge on any atom is 0.316 e. The maximum absolute atomic E-state index is 11.3. The molecule has 0 aliphatic carbocycles. The molecule has 3 N–H and O–H groups in total. The van der Waals surface area contributed by atoms with E-state index in [2.05, 4.69) is 0 Å². The molecule has 2 heterocycles. The van der Waals surface area contributed by atoms with Gasteiger partial charge in [-0.15, -0.1) is 0 Å². The molecule has 1 aromatic rings. The first-order valence-electron chi connectivity index (χ1n) is 5.60. The Hall–Kier alpha value is -1.79. The minimum atomic E-state index is -1.03. The van der Waals surface area contributed by atoms with Crippen molar-refractivity contribution >= 4 is 5.97 Å². The summed E-state index contributed by atoms with van der Waals surface area (Å²) in [6.45, 7) is 0.455. The highest BCUT2D eigenvalue weighted by Gasteiger charge is 2.51. The molecule has 2 aliphatic heterocycles. The normalized spacial score (nSPS) is 21.2. The molecule has 0 radical (unpaired) electrons. The molecule has 6 heteroatoms. The van der Waals surface area contributed by atoms with Crippen LogP contribution in [-0.4, -0.2) is 31.1 Å². The van der Waals surface area contributed by atoms with E-state index >= 15 is 0 Å². The van der Waals surface area contributed by atoms with Crippen molar-refractivity contribution in [2.75, 3.05) is 20.0 Å². The largest absolute Gasteiger partial charge is 0.481 e. The molecule has 0 bridgehead atoms. The van der Waals surface area contributed by atoms with Crippen LogP contribution in [0.25, 0.3) is 0 Å². The maximum atomic E-state index is 11.3. The van der Waals surface area contributed by atoms with Crippen LogP contribution < -0.4 is 15.2 Å². The second-order valence-electron chi connectivity index (χ2n) is 4.54. The van der Waals surface area contributed by atoms with Crippen molar-refractivity contribution in [3.05, 3.63) is 23.8 Å². The Balaban J connectivity index is 1.92. The summed E-state index contributed by atoms with van der Waals surface area (Å²) in [6.07, 6.45) is 0. The van der Waals surface area contributed by atoms with E-state index in [-0.39, 0.29) is 20.0 Å². The van der Waals surface area contributed by atoms with Gasteiger partial charge in [0.25, 0.3) is 0 Å². The monoisotopic (exact) mass is 251 g/mol. The van der Waals surface area contributed by atoms with E-state index in [4.69, 9.17) is 19.9 Å². The van der Waals surface area contributed by atoms with E-state index in [1.165, 1.54) is 0 Å². The van der Waals surface area contributed by atoms with Crippen molar-refractivity contribution < 1.29 is 24.1 Å². The van der Waals surface area contributed by atoms with Gasteiger partial charge in [0, 0.05) is 0 Å². The molecule has 1 atom stereocenters. The summed E-state index contributed by atoms with van der Waals surface area (Å²) in [5, 5.41) is 9.29. The van der Waals surface area contributed by atoms with Crippen molar-refractivity contribution in [2.24, 2.45) is 11.1 Å². The van der Waals surface area contributed by atoms with Gasteiger partial charge in [-0.3, -0.25) is 4.79 Å². The average molecular weight is 251 g/mol. The highest BCUT2D eigenvalue weighted by Crippen LogP contribution is 2.42. The van der Waals surface area contributed by atoms with Crippen LogP contribution in [0.5, 0.6) is 11.5 Å². The van der Waals surface area contributed by atoms with Crippen molar-refractivity contribution in [2.45, 2.75) is 6.04 Å². The summed E-state index contributed by atoms with van der Waals surface area (Å²) in [7, 11) is 0. The van der Waals surface area contributed by atoms with Crippen molar-refractivity contribution in [1.82, 2.24) is 0 Å². The topological polar surface area (TPSA) is 91.0 Å². The van der Waals surface area contributed by atoms with Crippen LogP contribution in [0.3, 0.4) is 0 Å². The molecule has 0 amide bonds. The smallest absolute Gasteiger partial charge is 0.316 e. The Morgan fingerprint density at radius 1 is 1.33 bits per heavy atom. The summed E-state index contributed by atoms with van der Waals surface area (Å²) >= 11 is 0. The molecule has 3 rings (SSSR count). The van der Waals surface area contributed by atoms with Gasteiger partial charge in [0.1, 0.15) is 5.41 Å². The number of carboxylic acid groups (broad SMARTS) is 1. The third kappa shape index (κ3) is 1.46. The van der Waals surface area contributed by atoms with Gasteiger partial charge in [0.15, 0.2) is 11.5 Å². The number of hydrogen-bond donors (Lipinski definition) is 2. The number of carbonyl (C=O) groups is 1. The predicted octanol–water partition coefficient (Wildman–Crippen LogP) is 0.516. The Labute approximate surface area is 103 Å². The molecular weight excluding hydrogens is 238 g/mol. The highest BCUT2D eigenvalue weighted by molar-refractivity contribution is 5.77. The molecule has 0 aromatic heterocycles. The zero-order chi connectivity index (χ0) is 12.8. The van der Waals surface area contributed by atoms with E-state index in [0.29, 0.717) is 17.1 Å². The molecule has 6 nitrogen and oxygen atoms in total. The number of aliphatic carboxylic acids is 1. The van der Waals surface area contributed by atoms with Crippen LogP contribution in [-0.2, 0) is 9.53 Å². The molecule has 1 aromatic carbocycles. The molecule has 0 saturated carbocycles. The number of benzene rings is 1. The number of carboxylic acids is 1. The van der Waals surface area contributed by atoms with Crippen LogP contribution in [0.1, 0.15) is 11.6 Å². The number of hydrogen-bond acceptors (Lipinski definition) is 5. The zero-order valence-electron chi connectivity index (χ0n) is 9.59. The van der Waals surface area contributed by atoms with Gasteiger partial charge in [-0.05, 0) is 17.7 Å². The number of rotatable bonds is 3. The third-order valence-corrected chi connectivity index (χ3v) is 3.50. The van der Waals surface area contributed by atoms with Crippen LogP contribution in [0.4, 0.5) is 0 Å². The van der Waals surface area contributed by atoms with E-state index in [1.807, 2.05) is 0 Å². The summed E-state index contributed by atoms with van der Waals surface area (Å²) in [5.74, 6) is 0.322. The quantitative estimate of drug-likeness (QED) is 0.813. The first-order chi connectivity index (χ1) is 8.63. The van der Waals surface area contributed by atoms with Crippen molar-refractivity contribution in [1.29, 1.82) is 0 Å². The lowest BCUT2D eigenvalue weighted by atomic mass is 9.75. The predicted molar refractivity (Wildman–Crippen MR) is 60.4 cm³/mol. The molecular formula is C12H13NO5. The van der Waals surface area contributed by atoms with Crippen LogP contribution in [0.2, 0.25) is 0 Å². The average Bonchev–Trinajstić information content (AvgIpc) is 2.73. The summed E-state index contributed by atoms with van der Waals surface area (Å²) in [4.78, 5) is 11.3. The van der Waals surface area contributed by atoms with E-state index < -0.39 is 17.4 Å². The van der Waals surface area contributed by atoms with E-state index in [1.54, 1.807) is 18.2 Å². The van der Waals surface area contributed by atoms with Crippen molar-refractivity contribution in [3.8, 4) is 11.5 Å². The second kappa shape index (κ2) is 3.86. The third-order valence-electron chi connectivity index (χ3n) is 3.50. The Morgan fingerprint density at radius 3 is 2.67 bits per heavy atom. The van der Waals surface area contributed by atoms with Gasteiger partial charge >= 0.3 is 5.97 Å². The summed E-state index contributed by atoms with van der Waals surface area (Å²) < 4.78 is 15.5. The number of nitrogens with two attached hydrogens (primary N) is 1. The Kier molecular flexibility index (Phi) is 2.42. The lowest BCUT2D eigenvalue weighted by molar-refractivity contribution is -0.184. The fourth-order valence-electron chi connectivity index (χ4n) is 2.18. The van der Waals surface area contributed by atoms with Gasteiger partial charge in [-0.2, -0.15) is 0 Å². The molecule has 96 valence electrons. The van der Waals surface area contributed by atoms with Gasteiger partial charge in [0.05, 0.1) is 19.3 Å². The second-order valence-corrected chi connectivity index (χ2v) is 4.54. The lowest BCUT2D eigenvalue weighted by Crippen LogP contribution is -2.55. The first-order valence-corrected chi connectivity index (χ1v) is 5.60. The fourth-order valence-corrected chi connectivity index (χ4v) is 2.18. The Bertz CT molecular complexity index is 497. The molecule has 1 unspecified atom stereocenters. The number of ether oxygens (including phenoxy) is 3. The molecule has 18 heavy (non-hydrogen) atoms. The van der Waals surface area contributed by atoms with Crippen LogP contribution in [0, 0.1) is 5.41 Å². The fraction of sp³-hybridized carbons (Fsp3) is 0.417. The highest BCUT2D eigenvalue weighted by atomic mass is 16.7. The van der Waals surface area contributed by atoms with E-state index in [9.17, 15) is 9.90 Å². The molecule has 0 spiro atoms. The van der Waals surface area contributed by atoms with Crippen LogP contribution >= 0.6 is 0 Å². The zero-order valence-corrected chi connectivity index (χ0v) is 9.59. The minimum absolute atomic E-state index is 0.137. The number of fused-ring (bicyclic) bond motifs is 1. The summed E-state index contributed by atoms with van der Waals surface area (Å²) in [6, 6.07) is 4.61. The SMILES string of the molecule is NC(c1ccc2c(c1)OCO2)C1(C(=O)O)COC1. The molecule has 1 saturated heterocycles. The lowest BCUT2D eigenvalue weighted by Gasteiger charge is -2.41. The first kappa shape index (κ1) is 11.3. The van der Waals surface area contributed by atoms with Gasteiger partial charge in [-0.25, -0.2) is 0 Å². The van der Waals surface area contributed by atoms with Crippen molar-refractivity contribution in [3.63, 3.8) is 0 Å². The van der Waals surface area contributed by atoms with Gasteiger partial charge < -0.3 is 25.1 Å². The minimum Gasteiger partial charge on any atom is -0.481 e. The molecule has 2 aliphatic rings. The molecule has 1 fully saturated rings.